The molecule has 0 aliphatic rings. The number of hydrogen-bond donors (Lipinski definition) is 0. The van der Waals surface area contributed by atoms with Crippen molar-refractivity contribution in [3.63, 3.8) is 0 Å². The summed E-state index contributed by atoms with van der Waals surface area (Å²) in [5.74, 6) is -1.69. The Morgan fingerprint density at radius 1 is 1.06 bits per heavy atom. The molecule has 3 aromatic rings. The Labute approximate surface area is 192 Å². The first-order valence-electron chi connectivity index (χ1n) is 10.6. The van der Waals surface area contributed by atoms with Crippen LogP contribution < -0.4 is 0 Å². The highest BCUT2D eigenvalue weighted by Crippen LogP contribution is 2.46. The highest BCUT2D eigenvalue weighted by atomic mass is 79.9. The zero-order valence-corrected chi connectivity index (χ0v) is 21.4. The van der Waals surface area contributed by atoms with Crippen molar-refractivity contribution in [1.82, 2.24) is 9.22 Å². The van der Waals surface area contributed by atoms with Crippen LogP contribution in [0.1, 0.15) is 58.4 Å². The van der Waals surface area contributed by atoms with Crippen LogP contribution in [0.15, 0.2) is 35.1 Å². The average molecular weight is 504 g/mol. The summed E-state index contributed by atoms with van der Waals surface area (Å²) in [5, 5.41) is 9.98. The molecule has 7 heteroatoms. The minimum absolute atomic E-state index is 0.0856. The second-order valence-electron chi connectivity index (χ2n) is 9.02. The minimum atomic E-state index is -2.26. The Kier molecular flexibility index (Phi) is 6.73. The van der Waals surface area contributed by atoms with Crippen molar-refractivity contribution in [2.24, 2.45) is 0 Å². The largest absolute Gasteiger partial charge is 0.371 e. The Morgan fingerprint density at radius 3 is 2.23 bits per heavy atom. The molecule has 2 aromatic heterocycles. The predicted octanol–water partition coefficient (Wildman–Crippen LogP) is 7.56. The van der Waals surface area contributed by atoms with Crippen LogP contribution in [0.2, 0.25) is 16.6 Å². The summed E-state index contributed by atoms with van der Waals surface area (Å²) < 4.78 is 33.7. The van der Waals surface area contributed by atoms with Crippen LogP contribution in [-0.4, -0.2) is 17.5 Å². The van der Waals surface area contributed by atoms with Crippen molar-refractivity contribution in [3.8, 4) is 6.07 Å². The van der Waals surface area contributed by atoms with Gasteiger partial charge in [0, 0.05) is 28.0 Å². The Morgan fingerprint density at radius 2 is 1.68 bits per heavy atom. The molecule has 1 aromatic carbocycles. The highest BCUT2D eigenvalue weighted by Gasteiger charge is 2.46. The first kappa shape index (κ1) is 23.6. The van der Waals surface area contributed by atoms with E-state index in [9.17, 15) is 5.26 Å². The van der Waals surface area contributed by atoms with Crippen LogP contribution >= 0.6 is 15.9 Å². The molecule has 0 atom stereocenters. The molecule has 3 rings (SSSR count). The third-order valence-corrected chi connectivity index (χ3v) is 14.3. The fourth-order valence-corrected chi connectivity index (χ4v) is 12.8. The maximum absolute atomic E-state index is 15.7. The lowest BCUT2D eigenvalue weighted by molar-refractivity contribution is 0.505. The number of nitrogens with zero attached hydrogens (tertiary/aromatic N) is 3. The van der Waals surface area contributed by atoms with E-state index in [-0.39, 0.29) is 17.7 Å². The van der Waals surface area contributed by atoms with Gasteiger partial charge in [-0.3, -0.25) is 0 Å². The third-order valence-electron chi connectivity index (χ3n) is 6.61. The van der Waals surface area contributed by atoms with Crippen molar-refractivity contribution >= 4 is 35.1 Å². The van der Waals surface area contributed by atoms with Crippen LogP contribution in [0.5, 0.6) is 0 Å². The van der Waals surface area contributed by atoms with E-state index in [0.29, 0.717) is 37.6 Å². The molecule has 0 radical (unpaired) electrons. The maximum Gasteiger partial charge on any atom is 0.182 e. The Hall–Kier alpha value is -2.04. The molecule has 0 aliphatic carbocycles. The maximum atomic E-state index is 15.7. The number of rotatable bonds is 6. The summed E-state index contributed by atoms with van der Waals surface area (Å²) in [6.07, 6.45) is 3.55. The van der Waals surface area contributed by atoms with Gasteiger partial charge in [-0.25, -0.2) is 13.8 Å². The third kappa shape index (κ3) is 3.64. The molecule has 0 N–H and O–H groups in total. The van der Waals surface area contributed by atoms with E-state index in [0.717, 1.165) is 0 Å². The van der Waals surface area contributed by atoms with E-state index < -0.39 is 19.9 Å². The number of aromatic nitrogens is 2. The summed E-state index contributed by atoms with van der Waals surface area (Å²) in [7, 11) is -2.26. The SMILES string of the molecule is CC(C)[Si](C(C)C)(C(C)C)n1ccc2c(Br)c(Cc3cccnc3C#N)c(F)c(F)c21. The summed E-state index contributed by atoms with van der Waals surface area (Å²) in [5.41, 5.74) is 2.37. The zero-order valence-electron chi connectivity index (χ0n) is 18.8. The van der Waals surface area contributed by atoms with Crippen molar-refractivity contribution in [1.29, 1.82) is 5.26 Å². The predicted molar refractivity (Wildman–Crippen MR) is 128 cm³/mol. The second-order valence-corrected chi connectivity index (χ2v) is 15.5. The topological polar surface area (TPSA) is 41.6 Å². The molecule has 0 saturated heterocycles. The van der Waals surface area contributed by atoms with Crippen molar-refractivity contribution in [2.75, 3.05) is 0 Å². The van der Waals surface area contributed by atoms with Crippen molar-refractivity contribution in [2.45, 2.75) is 64.6 Å². The fourth-order valence-electron chi connectivity index (χ4n) is 5.51. The number of benzene rings is 1. The number of nitriles is 1. The lowest BCUT2D eigenvalue weighted by Crippen LogP contribution is -2.51. The van der Waals surface area contributed by atoms with E-state index >= 15 is 8.78 Å². The summed E-state index contributed by atoms with van der Waals surface area (Å²) in [4.78, 5) is 4.04. The fraction of sp³-hybridized carbons (Fsp3) is 0.417. The van der Waals surface area contributed by atoms with Gasteiger partial charge in [0.2, 0.25) is 0 Å². The highest BCUT2D eigenvalue weighted by molar-refractivity contribution is 9.10. The number of fused-ring (bicyclic) bond motifs is 1. The monoisotopic (exact) mass is 503 g/mol. The van der Waals surface area contributed by atoms with Crippen LogP contribution in [0.4, 0.5) is 8.78 Å². The normalized spacial score (nSPS) is 12.4. The van der Waals surface area contributed by atoms with Crippen LogP contribution in [0.25, 0.3) is 10.9 Å². The lowest BCUT2D eigenvalue weighted by Gasteiger charge is -2.44. The molecule has 2 heterocycles. The molecule has 164 valence electrons. The Bertz CT molecular complexity index is 1140. The van der Waals surface area contributed by atoms with Gasteiger partial charge in [-0.2, -0.15) is 5.26 Å². The number of pyridine rings is 1. The summed E-state index contributed by atoms with van der Waals surface area (Å²) >= 11 is 3.55. The van der Waals surface area contributed by atoms with E-state index in [4.69, 9.17) is 0 Å². The molecule has 0 saturated carbocycles. The summed E-state index contributed by atoms with van der Waals surface area (Å²) in [6.45, 7) is 13.2. The van der Waals surface area contributed by atoms with Crippen molar-refractivity contribution in [3.05, 3.63) is 63.5 Å². The molecular weight excluding hydrogens is 476 g/mol. The lowest BCUT2D eigenvalue weighted by atomic mass is 10.0. The van der Waals surface area contributed by atoms with E-state index in [1.54, 1.807) is 12.1 Å². The minimum Gasteiger partial charge on any atom is -0.371 e. The Balaban J connectivity index is 2.30. The molecule has 3 nitrogen and oxygen atoms in total. The molecule has 0 amide bonds. The van der Waals surface area contributed by atoms with Crippen LogP contribution in [0, 0.1) is 23.0 Å². The molecule has 0 spiro atoms. The van der Waals surface area contributed by atoms with Gasteiger partial charge >= 0.3 is 0 Å². The van der Waals surface area contributed by atoms with Crippen LogP contribution in [-0.2, 0) is 6.42 Å². The smallest absolute Gasteiger partial charge is 0.182 e. The first-order chi connectivity index (χ1) is 14.6. The number of halogens is 3. The zero-order chi connectivity index (χ0) is 23.1. The molecule has 31 heavy (non-hydrogen) atoms. The standard InChI is InChI=1S/C24H28BrF2N3Si/c1-14(2)31(15(3)4,16(5)6)30-11-9-18-21(25)19(22(26)23(27)24(18)30)12-17-8-7-10-29-20(17)13-28/h7-11,14-16H,12H2,1-6H3. The van der Waals surface area contributed by atoms with Gasteiger partial charge < -0.3 is 4.23 Å². The average Bonchev–Trinajstić information content (AvgIpc) is 3.15. The van der Waals surface area contributed by atoms with Gasteiger partial charge in [0.15, 0.2) is 19.9 Å². The first-order valence-corrected chi connectivity index (χ1v) is 13.6. The van der Waals surface area contributed by atoms with Crippen molar-refractivity contribution < 1.29 is 8.78 Å². The van der Waals surface area contributed by atoms with Gasteiger partial charge in [-0.15, -0.1) is 0 Å². The molecule has 0 unspecified atom stereocenters. The van der Waals surface area contributed by atoms with E-state index in [2.05, 4.69) is 66.7 Å². The van der Waals surface area contributed by atoms with Gasteiger partial charge in [-0.1, -0.05) is 47.6 Å². The molecular formula is C24H28BrF2N3Si. The van der Waals surface area contributed by atoms with E-state index in [1.807, 2.05) is 18.3 Å². The molecule has 0 bridgehead atoms. The van der Waals surface area contributed by atoms with Crippen LogP contribution in [0.3, 0.4) is 0 Å². The summed E-state index contributed by atoms with van der Waals surface area (Å²) in [6, 6.07) is 7.33. The quantitative estimate of drug-likeness (QED) is 0.257. The second kappa shape index (κ2) is 8.83. The molecule has 0 aliphatic heterocycles. The van der Waals surface area contributed by atoms with Gasteiger partial charge in [-0.05, 0) is 56.4 Å². The molecule has 0 fully saturated rings. The van der Waals surface area contributed by atoms with Gasteiger partial charge in [0.25, 0.3) is 0 Å². The van der Waals surface area contributed by atoms with Gasteiger partial charge in [0.1, 0.15) is 11.8 Å². The van der Waals surface area contributed by atoms with Gasteiger partial charge in [0.05, 0.1) is 5.52 Å². The number of hydrogen-bond acceptors (Lipinski definition) is 2. The van der Waals surface area contributed by atoms with E-state index in [1.165, 1.54) is 6.20 Å².